The number of carbonyl (C=O) groups excluding carboxylic acids is 1. The molecular formula is C30H35F3N6O2S. The highest BCUT2D eigenvalue weighted by Crippen LogP contribution is 2.32. The first kappa shape index (κ1) is 32.6. The molecule has 0 atom stereocenters. The van der Waals surface area contributed by atoms with Crippen LogP contribution in [0.1, 0.15) is 48.2 Å². The second kappa shape index (κ2) is 14.8. The number of nitriles is 1. The minimum Gasteiger partial charge on any atom is -0.385 e. The van der Waals surface area contributed by atoms with Crippen molar-refractivity contribution in [3.05, 3.63) is 89.0 Å². The molecule has 2 aromatic carbocycles. The number of hydrogen-bond acceptors (Lipinski definition) is 5. The fraction of sp³-hybridized carbons (Fsp3) is 0.400. The fourth-order valence-corrected chi connectivity index (χ4v) is 4.72. The summed E-state index contributed by atoms with van der Waals surface area (Å²) in [5.41, 5.74) is 0.719. The van der Waals surface area contributed by atoms with Crippen molar-refractivity contribution in [1.29, 1.82) is 5.26 Å². The van der Waals surface area contributed by atoms with Crippen molar-refractivity contribution in [2.75, 3.05) is 26.8 Å². The molecule has 0 saturated heterocycles. The summed E-state index contributed by atoms with van der Waals surface area (Å²) < 4.78 is 48.1. The van der Waals surface area contributed by atoms with Crippen LogP contribution in [0.25, 0.3) is 0 Å². The third kappa shape index (κ3) is 9.85. The van der Waals surface area contributed by atoms with Crippen LogP contribution in [0.5, 0.6) is 0 Å². The highest BCUT2D eigenvalue weighted by Gasteiger charge is 2.34. The molecule has 3 aromatic rings. The number of benzene rings is 2. The van der Waals surface area contributed by atoms with Crippen LogP contribution in [0.3, 0.4) is 0 Å². The number of imidazole rings is 1. The zero-order chi connectivity index (χ0) is 30.8. The first-order chi connectivity index (χ1) is 19.9. The molecule has 0 spiro atoms. The molecule has 0 saturated carbocycles. The summed E-state index contributed by atoms with van der Waals surface area (Å²) in [4.78, 5) is 19.0. The number of thiocarbonyl (C=S) groups is 1. The summed E-state index contributed by atoms with van der Waals surface area (Å²) in [6.07, 6.45) is -0.536. The maximum Gasteiger partial charge on any atom is 0.416 e. The van der Waals surface area contributed by atoms with Gasteiger partial charge in [-0.2, -0.15) is 18.4 Å². The van der Waals surface area contributed by atoms with Crippen LogP contribution < -0.4 is 10.6 Å². The van der Waals surface area contributed by atoms with Crippen LogP contribution in [0.2, 0.25) is 0 Å². The molecule has 0 radical (unpaired) electrons. The van der Waals surface area contributed by atoms with Gasteiger partial charge in [0.05, 0.1) is 35.5 Å². The third-order valence-electron chi connectivity index (χ3n) is 6.41. The van der Waals surface area contributed by atoms with Gasteiger partial charge in [0.15, 0.2) is 5.11 Å². The Bertz CT molecular complexity index is 1380. The Morgan fingerprint density at radius 3 is 2.55 bits per heavy atom. The zero-order valence-corrected chi connectivity index (χ0v) is 24.7. The van der Waals surface area contributed by atoms with Gasteiger partial charge in [-0.25, -0.2) is 4.98 Å². The summed E-state index contributed by atoms with van der Waals surface area (Å²) in [7, 11) is 1.59. The quantitative estimate of drug-likeness (QED) is 0.218. The normalized spacial score (nSPS) is 11.5. The highest BCUT2D eigenvalue weighted by atomic mass is 32.1. The number of ether oxygens (including phenoxy) is 1. The molecule has 0 aliphatic rings. The van der Waals surface area contributed by atoms with Crippen LogP contribution >= 0.6 is 12.2 Å². The van der Waals surface area contributed by atoms with Gasteiger partial charge in [-0.1, -0.05) is 30.3 Å². The summed E-state index contributed by atoms with van der Waals surface area (Å²) >= 11 is 5.58. The number of halogens is 3. The Morgan fingerprint density at radius 2 is 1.88 bits per heavy atom. The van der Waals surface area contributed by atoms with E-state index in [-0.39, 0.29) is 36.1 Å². The van der Waals surface area contributed by atoms with E-state index in [9.17, 15) is 18.0 Å². The molecule has 1 amide bonds. The number of carbonyl (C=O) groups is 1. The van der Waals surface area contributed by atoms with Crippen molar-refractivity contribution in [2.45, 2.75) is 51.5 Å². The van der Waals surface area contributed by atoms with Crippen LogP contribution in [-0.4, -0.2) is 57.8 Å². The van der Waals surface area contributed by atoms with E-state index in [1.165, 1.54) is 12.1 Å². The maximum absolute atomic E-state index is 13.7. The van der Waals surface area contributed by atoms with Crippen molar-refractivity contribution in [3.63, 3.8) is 0 Å². The Hall–Kier alpha value is -3.95. The Kier molecular flexibility index (Phi) is 11.5. The number of alkyl halides is 3. The van der Waals surface area contributed by atoms with Gasteiger partial charge in [-0.15, -0.1) is 0 Å². The largest absolute Gasteiger partial charge is 0.416 e. The SMILES string of the molecule is COCCCNC(=S)N(Cc1ccccc1C(F)(F)F)CC(C)(C)NC(=O)Cc1cncn1Cc1ccc(C#N)cc1. The lowest BCUT2D eigenvalue weighted by atomic mass is 10.0. The van der Waals surface area contributed by atoms with Crippen LogP contribution in [-0.2, 0) is 35.2 Å². The molecule has 12 heteroatoms. The number of amides is 1. The fourth-order valence-electron chi connectivity index (χ4n) is 4.49. The molecule has 224 valence electrons. The molecule has 0 aliphatic carbocycles. The van der Waals surface area contributed by atoms with Crippen molar-refractivity contribution >= 4 is 23.2 Å². The zero-order valence-electron chi connectivity index (χ0n) is 23.9. The number of nitrogens with one attached hydrogen (secondary N) is 2. The number of rotatable bonds is 13. The average molecular weight is 601 g/mol. The van der Waals surface area contributed by atoms with Gasteiger partial charge in [0.1, 0.15) is 0 Å². The van der Waals surface area contributed by atoms with Gasteiger partial charge in [0.2, 0.25) is 5.91 Å². The standard InChI is InChI=1S/C30H35F3N6O2S/c1-29(2,37-27(40)15-25-17-35-21-39(25)18-23-11-9-22(16-34)10-12-23)20-38(28(42)36-13-6-14-41-3)19-24-7-4-5-8-26(24)30(31,32)33/h4-5,7-12,17,21H,6,13-15,18-20H2,1-3H3,(H,36,42)(H,37,40). The molecule has 0 aliphatic heterocycles. The Balaban J connectivity index is 1.71. The van der Waals surface area contributed by atoms with E-state index in [1.54, 1.807) is 56.6 Å². The number of hydrogen-bond donors (Lipinski definition) is 2. The Morgan fingerprint density at radius 1 is 1.17 bits per heavy atom. The van der Waals surface area contributed by atoms with E-state index in [2.05, 4.69) is 21.7 Å². The molecule has 0 fully saturated rings. The topological polar surface area (TPSA) is 95.2 Å². The monoisotopic (exact) mass is 600 g/mol. The summed E-state index contributed by atoms with van der Waals surface area (Å²) in [6, 6.07) is 14.7. The van der Waals surface area contributed by atoms with Gasteiger partial charge in [-0.3, -0.25) is 4.79 Å². The Labute approximate surface area is 249 Å². The lowest BCUT2D eigenvalue weighted by molar-refractivity contribution is -0.138. The highest BCUT2D eigenvalue weighted by molar-refractivity contribution is 7.80. The van der Waals surface area contributed by atoms with E-state index < -0.39 is 17.3 Å². The molecule has 8 nitrogen and oxygen atoms in total. The van der Waals surface area contributed by atoms with Crippen molar-refractivity contribution in [3.8, 4) is 6.07 Å². The smallest absolute Gasteiger partial charge is 0.385 e. The molecule has 2 N–H and O–H groups in total. The minimum absolute atomic E-state index is 0.0519. The predicted molar refractivity (Wildman–Crippen MR) is 157 cm³/mol. The van der Waals surface area contributed by atoms with Gasteiger partial charge in [-0.05, 0) is 61.8 Å². The number of methoxy groups -OCH3 is 1. The van der Waals surface area contributed by atoms with Crippen LogP contribution in [0.4, 0.5) is 13.2 Å². The van der Waals surface area contributed by atoms with Crippen molar-refractivity contribution < 1.29 is 22.7 Å². The second-order valence-electron chi connectivity index (χ2n) is 10.5. The molecule has 1 heterocycles. The summed E-state index contributed by atoms with van der Waals surface area (Å²) in [5.74, 6) is -0.267. The summed E-state index contributed by atoms with van der Waals surface area (Å²) in [5, 5.41) is 15.4. The van der Waals surface area contributed by atoms with E-state index in [4.69, 9.17) is 22.2 Å². The lowest BCUT2D eigenvalue weighted by Gasteiger charge is -2.35. The average Bonchev–Trinajstić information content (AvgIpc) is 3.36. The molecule has 0 unspecified atom stereocenters. The van der Waals surface area contributed by atoms with Gasteiger partial charge in [0, 0.05) is 51.8 Å². The van der Waals surface area contributed by atoms with Gasteiger partial charge in [0.25, 0.3) is 0 Å². The minimum atomic E-state index is -4.51. The summed E-state index contributed by atoms with van der Waals surface area (Å²) in [6.45, 7) is 5.14. The van der Waals surface area contributed by atoms with E-state index >= 15 is 0 Å². The second-order valence-corrected chi connectivity index (χ2v) is 10.9. The van der Waals surface area contributed by atoms with Crippen LogP contribution in [0, 0.1) is 11.3 Å². The van der Waals surface area contributed by atoms with Gasteiger partial charge >= 0.3 is 6.18 Å². The van der Waals surface area contributed by atoms with Crippen LogP contribution in [0.15, 0.2) is 61.1 Å². The lowest BCUT2D eigenvalue weighted by Crippen LogP contribution is -2.54. The van der Waals surface area contributed by atoms with Gasteiger partial charge < -0.3 is 24.8 Å². The van der Waals surface area contributed by atoms with E-state index in [1.807, 2.05) is 16.7 Å². The predicted octanol–water partition coefficient (Wildman–Crippen LogP) is 4.67. The van der Waals surface area contributed by atoms with E-state index in [0.29, 0.717) is 37.4 Å². The maximum atomic E-state index is 13.7. The molecule has 1 aromatic heterocycles. The first-order valence-corrected chi connectivity index (χ1v) is 13.8. The molecule has 42 heavy (non-hydrogen) atoms. The van der Waals surface area contributed by atoms with Crippen molar-refractivity contribution in [2.24, 2.45) is 0 Å². The molecular weight excluding hydrogens is 565 g/mol. The third-order valence-corrected chi connectivity index (χ3v) is 6.82. The number of aromatic nitrogens is 2. The van der Waals surface area contributed by atoms with E-state index in [0.717, 1.165) is 11.6 Å². The first-order valence-electron chi connectivity index (χ1n) is 13.4. The number of nitrogens with zero attached hydrogens (tertiary/aromatic N) is 4. The molecule has 0 bridgehead atoms. The molecule has 3 rings (SSSR count). The van der Waals surface area contributed by atoms with Crippen molar-refractivity contribution in [1.82, 2.24) is 25.1 Å².